The van der Waals surface area contributed by atoms with Gasteiger partial charge in [0.2, 0.25) is 0 Å². The average Bonchev–Trinajstić information content (AvgIpc) is 2.47. The zero-order chi connectivity index (χ0) is 14.5. The maximum atomic E-state index is 11.6. The number of thioether (sulfide) groups is 1. The van der Waals surface area contributed by atoms with Gasteiger partial charge in [-0.15, -0.1) is 16.9 Å². The van der Waals surface area contributed by atoms with Crippen molar-refractivity contribution < 1.29 is 14.6 Å². The average molecular weight is 296 g/mol. The van der Waals surface area contributed by atoms with Crippen LogP contribution in [0.3, 0.4) is 0 Å². The van der Waals surface area contributed by atoms with Crippen LogP contribution in [0.4, 0.5) is 0 Å². The second-order valence-electron chi connectivity index (χ2n) is 4.75. The molecule has 0 aliphatic carbocycles. The van der Waals surface area contributed by atoms with Crippen LogP contribution in [-0.4, -0.2) is 39.7 Å². The first-order valence-electron chi connectivity index (χ1n) is 7.03. The number of aryl methyl sites for hydroxylation is 1. The SMILES string of the molecule is CCc1nnc(SC2CCOCC2)c(C(=O)O)c1CC. The second-order valence-corrected chi connectivity index (χ2v) is 6.04. The third-order valence-electron chi connectivity index (χ3n) is 3.47. The van der Waals surface area contributed by atoms with Crippen molar-refractivity contribution in [2.24, 2.45) is 0 Å². The molecule has 5 nitrogen and oxygen atoms in total. The zero-order valence-corrected chi connectivity index (χ0v) is 12.7. The van der Waals surface area contributed by atoms with Crippen LogP contribution in [0.5, 0.6) is 0 Å². The largest absolute Gasteiger partial charge is 0.478 e. The molecule has 2 rings (SSSR count). The van der Waals surface area contributed by atoms with Gasteiger partial charge in [-0.1, -0.05) is 13.8 Å². The lowest BCUT2D eigenvalue weighted by atomic mass is 10.0. The number of aromatic nitrogens is 2. The molecular weight excluding hydrogens is 276 g/mol. The smallest absolute Gasteiger partial charge is 0.338 e. The Morgan fingerprint density at radius 1 is 1.30 bits per heavy atom. The summed E-state index contributed by atoms with van der Waals surface area (Å²) in [5.74, 6) is -0.902. The molecule has 2 heterocycles. The molecule has 0 atom stereocenters. The van der Waals surface area contributed by atoms with Crippen molar-refractivity contribution in [2.75, 3.05) is 13.2 Å². The van der Waals surface area contributed by atoms with Gasteiger partial charge in [0.05, 0.1) is 11.3 Å². The summed E-state index contributed by atoms with van der Waals surface area (Å²) in [5, 5.41) is 18.8. The molecule has 1 aromatic rings. The van der Waals surface area contributed by atoms with Gasteiger partial charge < -0.3 is 9.84 Å². The summed E-state index contributed by atoms with van der Waals surface area (Å²) >= 11 is 1.53. The molecule has 0 amide bonds. The summed E-state index contributed by atoms with van der Waals surface area (Å²) in [6.45, 7) is 5.41. The molecule has 0 aromatic carbocycles. The van der Waals surface area contributed by atoms with E-state index >= 15 is 0 Å². The van der Waals surface area contributed by atoms with Crippen LogP contribution in [0.15, 0.2) is 5.03 Å². The summed E-state index contributed by atoms with van der Waals surface area (Å²) in [7, 11) is 0. The predicted octanol–water partition coefficient (Wildman–Crippen LogP) is 2.57. The molecule has 0 radical (unpaired) electrons. The lowest BCUT2D eigenvalue weighted by molar-refractivity contribution is 0.0690. The van der Waals surface area contributed by atoms with E-state index in [2.05, 4.69) is 10.2 Å². The number of carbonyl (C=O) groups is 1. The van der Waals surface area contributed by atoms with E-state index in [0.29, 0.717) is 28.7 Å². The lowest BCUT2D eigenvalue weighted by Crippen LogP contribution is -2.19. The predicted molar refractivity (Wildman–Crippen MR) is 77.4 cm³/mol. The Labute approximate surface area is 123 Å². The fourth-order valence-corrected chi connectivity index (χ4v) is 3.57. The van der Waals surface area contributed by atoms with Crippen molar-refractivity contribution in [3.05, 3.63) is 16.8 Å². The van der Waals surface area contributed by atoms with Crippen LogP contribution in [0.25, 0.3) is 0 Å². The minimum atomic E-state index is -0.902. The van der Waals surface area contributed by atoms with E-state index in [1.807, 2.05) is 13.8 Å². The molecular formula is C14H20N2O3S. The Bertz CT molecular complexity index is 488. The van der Waals surface area contributed by atoms with E-state index < -0.39 is 5.97 Å². The van der Waals surface area contributed by atoms with Crippen LogP contribution < -0.4 is 0 Å². The number of carboxylic acids is 1. The van der Waals surface area contributed by atoms with E-state index in [1.54, 1.807) is 0 Å². The quantitative estimate of drug-likeness (QED) is 0.900. The van der Waals surface area contributed by atoms with Crippen molar-refractivity contribution in [2.45, 2.75) is 49.8 Å². The molecule has 0 bridgehead atoms. The Morgan fingerprint density at radius 2 is 2.00 bits per heavy atom. The minimum Gasteiger partial charge on any atom is -0.478 e. The number of aromatic carboxylic acids is 1. The van der Waals surface area contributed by atoms with E-state index in [9.17, 15) is 9.90 Å². The van der Waals surface area contributed by atoms with Crippen molar-refractivity contribution in [3.63, 3.8) is 0 Å². The molecule has 110 valence electrons. The molecule has 1 saturated heterocycles. The molecule has 1 aliphatic rings. The van der Waals surface area contributed by atoms with E-state index in [1.165, 1.54) is 11.8 Å². The zero-order valence-electron chi connectivity index (χ0n) is 11.9. The maximum Gasteiger partial charge on any atom is 0.338 e. The Balaban J connectivity index is 2.33. The van der Waals surface area contributed by atoms with Crippen molar-refractivity contribution in [1.29, 1.82) is 0 Å². The number of carboxylic acid groups (broad SMARTS) is 1. The number of ether oxygens (including phenoxy) is 1. The van der Waals surface area contributed by atoms with Gasteiger partial charge in [0.25, 0.3) is 0 Å². The van der Waals surface area contributed by atoms with Crippen LogP contribution in [0, 0.1) is 0 Å². The molecule has 1 aromatic heterocycles. The topological polar surface area (TPSA) is 72.3 Å². The van der Waals surface area contributed by atoms with Gasteiger partial charge in [-0.25, -0.2) is 4.79 Å². The van der Waals surface area contributed by atoms with Gasteiger partial charge in [-0.3, -0.25) is 0 Å². The molecule has 20 heavy (non-hydrogen) atoms. The molecule has 6 heteroatoms. The molecule has 1 N–H and O–H groups in total. The fraction of sp³-hybridized carbons (Fsp3) is 0.643. The number of hydrogen-bond donors (Lipinski definition) is 1. The Morgan fingerprint density at radius 3 is 2.55 bits per heavy atom. The highest BCUT2D eigenvalue weighted by atomic mass is 32.2. The first kappa shape index (κ1) is 15.3. The normalized spacial score (nSPS) is 16.3. The Kier molecular flexibility index (Phi) is 5.37. The van der Waals surface area contributed by atoms with E-state index in [4.69, 9.17) is 4.74 Å². The van der Waals surface area contributed by atoms with Gasteiger partial charge in [0.15, 0.2) is 0 Å². The molecule has 0 saturated carbocycles. The summed E-state index contributed by atoms with van der Waals surface area (Å²) in [4.78, 5) is 11.6. The number of nitrogens with zero attached hydrogens (tertiary/aromatic N) is 2. The molecule has 0 spiro atoms. The van der Waals surface area contributed by atoms with Crippen molar-refractivity contribution in [3.8, 4) is 0 Å². The first-order chi connectivity index (χ1) is 9.67. The lowest BCUT2D eigenvalue weighted by Gasteiger charge is -2.22. The number of rotatable bonds is 5. The molecule has 1 fully saturated rings. The van der Waals surface area contributed by atoms with Crippen molar-refractivity contribution >= 4 is 17.7 Å². The maximum absolute atomic E-state index is 11.6. The fourth-order valence-electron chi connectivity index (χ4n) is 2.41. The highest BCUT2D eigenvalue weighted by Crippen LogP contribution is 2.32. The standard InChI is InChI=1S/C14H20N2O3S/c1-3-10-11(4-2)15-16-13(12(10)14(17)18)20-9-5-7-19-8-6-9/h9H,3-8H2,1-2H3,(H,17,18). The monoisotopic (exact) mass is 296 g/mol. The van der Waals surface area contributed by atoms with Crippen LogP contribution in [-0.2, 0) is 17.6 Å². The molecule has 1 aliphatic heterocycles. The van der Waals surface area contributed by atoms with Gasteiger partial charge in [-0.05, 0) is 31.2 Å². The summed E-state index contributed by atoms with van der Waals surface area (Å²) in [5.41, 5.74) is 1.96. The molecule has 0 unspecified atom stereocenters. The summed E-state index contributed by atoms with van der Waals surface area (Å²) in [6.07, 6.45) is 3.24. The highest BCUT2D eigenvalue weighted by molar-refractivity contribution is 7.99. The van der Waals surface area contributed by atoms with E-state index in [0.717, 1.165) is 37.3 Å². The van der Waals surface area contributed by atoms with Crippen LogP contribution >= 0.6 is 11.8 Å². The van der Waals surface area contributed by atoms with Gasteiger partial charge in [-0.2, -0.15) is 5.10 Å². The van der Waals surface area contributed by atoms with Crippen molar-refractivity contribution in [1.82, 2.24) is 10.2 Å². The van der Waals surface area contributed by atoms with Gasteiger partial charge >= 0.3 is 5.97 Å². The number of hydrogen-bond acceptors (Lipinski definition) is 5. The Hall–Kier alpha value is -1.14. The second kappa shape index (κ2) is 7.04. The van der Waals surface area contributed by atoms with E-state index in [-0.39, 0.29) is 0 Å². The van der Waals surface area contributed by atoms with Gasteiger partial charge in [0, 0.05) is 18.5 Å². The van der Waals surface area contributed by atoms with Crippen LogP contribution in [0.2, 0.25) is 0 Å². The van der Waals surface area contributed by atoms with Crippen LogP contribution in [0.1, 0.15) is 48.3 Å². The summed E-state index contributed by atoms with van der Waals surface area (Å²) in [6, 6.07) is 0. The highest BCUT2D eigenvalue weighted by Gasteiger charge is 2.24. The first-order valence-corrected chi connectivity index (χ1v) is 7.91. The third-order valence-corrected chi connectivity index (χ3v) is 4.79. The van der Waals surface area contributed by atoms with Gasteiger partial charge in [0.1, 0.15) is 5.03 Å². The third kappa shape index (κ3) is 3.30. The minimum absolute atomic E-state index is 0.343. The summed E-state index contributed by atoms with van der Waals surface area (Å²) < 4.78 is 5.33.